The molecule has 0 bridgehead atoms. The highest BCUT2D eigenvalue weighted by Crippen LogP contribution is 2.33. The summed E-state index contributed by atoms with van der Waals surface area (Å²) in [5, 5.41) is 5.49. The van der Waals surface area contributed by atoms with E-state index in [1.54, 1.807) is 48.5 Å². The topological polar surface area (TPSA) is 91.0 Å². The average Bonchev–Trinajstić information content (AvgIpc) is 2.71. The van der Waals surface area contributed by atoms with Crippen molar-refractivity contribution in [1.29, 1.82) is 0 Å². The van der Waals surface area contributed by atoms with Crippen LogP contribution >= 0.6 is 0 Å². The minimum Gasteiger partial charge on any atom is -0.494 e. The van der Waals surface area contributed by atoms with E-state index in [0.717, 1.165) is 0 Å². The molecule has 2 aromatic rings. The summed E-state index contributed by atoms with van der Waals surface area (Å²) in [5.41, 5.74) is 1.69. The molecule has 29 heavy (non-hydrogen) atoms. The Morgan fingerprint density at radius 2 is 1.72 bits per heavy atom. The van der Waals surface area contributed by atoms with Gasteiger partial charge in [-0.25, -0.2) is 4.79 Å². The average molecular weight is 396 g/mol. The minimum absolute atomic E-state index is 0.0853. The summed E-state index contributed by atoms with van der Waals surface area (Å²) >= 11 is 0. The molecule has 2 N–H and O–H groups in total. The number of carbonyl (C=O) groups excluding carboxylic acids is 3. The molecule has 0 spiro atoms. The molecule has 1 aliphatic heterocycles. The Kier molecular flexibility index (Phi) is 6.33. The molecule has 8 heteroatoms. The number of carbonyl (C=O) groups is 3. The number of urea groups is 1. The van der Waals surface area contributed by atoms with Gasteiger partial charge in [-0.15, -0.1) is 0 Å². The maximum absolute atomic E-state index is 12.9. The number of fused-ring (bicyclic) bond motifs is 1. The monoisotopic (exact) mass is 396 g/mol. The van der Waals surface area contributed by atoms with E-state index >= 15 is 0 Å². The van der Waals surface area contributed by atoms with E-state index in [-0.39, 0.29) is 24.9 Å². The lowest BCUT2D eigenvalue weighted by molar-refractivity contribution is -0.123. The van der Waals surface area contributed by atoms with Crippen LogP contribution in [0.3, 0.4) is 0 Å². The summed E-state index contributed by atoms with van der Waals surface area (Å²) in [6.07, 6.45) is 0. The zero-order valence-electron chi connectivity index (χ0n) is 16.5. The second-order valence-corrected chi connectivity index (χ2v) is 6.40. The van der Waals surface area contributed by atoms with Crippen LogP contribution in [0.5, 0.6) is 5.75 Å². The van der Waals surface area contributed by atoms with Crippen LogP contribution in [0.15, 0.2) is 48.5 Å². The molecule has 0 aliphatic carbocycles. The van der Waals surface area contributed by atoms with Crippen molar-refractivity contribution in [2.75, 3.05) is 41.4 Å². The van der Waals surface area contributed by atoms with Gasteiger partial charge < -0.3 is 15.4 Å². The first-order valence-electron chi connectivity index (χ1n) is 9.51. The number of hydrogen-bond acceptors (Lipinski definition) is 4. The third-order valence-corrected chi connectivity index (χ3v) is 4.40. The highest BCUT2D eigenvalue weighted by Gasteiger charge is 2.33. The third-order valence-electron chi connectivity index (χ3n) is 4.40. The van der Waals surface area contributed by atoms with Crippen LogP contribution in [-0.4, -0.2) is 44.1 Å². The number of hydrogen-bond donors (Lipinski definition) is 2. The summed E-state index contributed by atoms with van der Waals surface area (Å²) in [6.45, 7) is 4.52. The molecule has 1 heterocycles. The van der Waals surface area contributed by atoms with E-state index in [1.807, 2.05) is 13.8 Å². The number of para-hydroxylation sites is 2. The maximum Gasteiger partial charge on any atom is 0.326 e. The molecule has 3 rings (SSSR count). The Bertz CT molecular complexity index is 898. The Morgan fingerprint density at radius 3 is 2.38 bits per heavy atom. The number of anilines is 3. The van der Waals surface area contributed by atoms with Gasteiger partial charge in [0.25, 0.3) is 0 Å². The zero-order valence-corrected chi connectivity index (χ0v) is 16.5. The van der Waals surface area contributed by atoms with E-state index in [9.17, 15) is 14.4 Å². The maximum atomic E-state index is 12.9. The van der Waals surface area contributed by atoms with Crippen LogP contribution in [0.25, 0.3) is 0 Å². The molecular weight excluding hydrogens is 372 g/mol. The van der Waals surface area contributed by atoms with Gasteiger partial charge in [0.1, 0.15) is 18.8 Å². The first kappa shape index (κ1) is 20.2. The van der Waals surface area contributed by atoms with Gasteiger partial charge in [0, 0.05) is 12.2 Å². The van der Waals surface area contributed by atoms with Crippen LogP contribution in [0.2, 0.25) is 0 Å². The number of nitrogens with one attached hydrogen (secondary N) is 2. The van der Waals surface area contributed by atoms with Crippen LogP contribution in [0, 0.1) is 0 Å². The number of benzene rings is 2. The molecular formula is C21H24N4O4. The highest BCUT2D eigenvalue weighted by atomic mass is 16.5. The van der Waals surface area contributed by atoms with Crippen molar-refractivity contribution < 1.29 is 19.1 Å². The SMILES string of the molecule is CCNC(=O)CN1C(=O)CN(C(=O)Nc2ccc(OCC)cc2)c2ccccc21. The van der Waals surface area contributed by atoms with Crippen molar-refractivity contribution in [3.05, 3.63) is 48.5 Å². The molecule has 0 atom stereocenters. The first-order valence-corrected chi connectivity index (χ1v) is 9.51. The number of nitrogens with zero attached hydrogens (tertiary/aromatic N) is 2. The zero-order chi connectivity index (χ0) is 20.8. The van der Waals surface area contributed by atoms with E-state index in [0.29, 0.717) is 36.0 Å². The predicted molar refractivity (Wildman–Crippen MR) is 111 cm³/mol. The summed E-state index contributed by atoms with van der Waals surface area (Å²) in [5.74, 6) is 0.143. The molecule has 0 fully saturated rings. The second-order valence-electron chi connectivity index (χ2n) is 6.40. The summed E-state index contributed by atoms with van der Waals surface area (Å²) in [4.78, 5) is 40.3. The number of likely N-dealkylation sites (N-methyl/N-ethyl adjacent to an activating group) is 1. The van der Waals surface area contributed by atoms with Gasteiger partial charge in [-0.05, 0) is 50.2 Å². The van der Waals surface area contributed by atoms with E-state index < -0.39 is 6.03 Å². The molecule has 0 unspecified atom stereocenters. The summed E-state index contributed by atoms with van der Waals surface area (Å²) in [7, 11) is 0. The van der Waals surface area contributed by atoms with Gasteiger partial charge in [0.05, 0.1) is 18.0 Å². The lowest BCUT2D eigenvalue weighted by Gasteiger charge is -2.35. The van der Waals surface area contributed by atoms with Crippen molar-refractivity contribution in [3.8, 4) is 5.75 Å². The van der Waals surface area contributed by atoms with Crippen LogP contribution < -0.4 is 25.2 Å². The van der Waals surface area contributed by atoms with Crippen molar-refractivity contribution in [3.63, 3.8) is 0 Å². The van der Waals surface area contributed by atoms with Gasteiger partial charge in [-0.2, -0.15) is 0 Å². The van der Waals surface area contributed by atoms with Crippen molar-refractivity contribution in [1.82, 2.24) is 5.32 Å². The molecule has 2 aromatic carbocycles. The number of rotatable bonds is 6. The van der Waals surface area contributed by atoms with Gasteiger partial charge >= 0.3 is 6.03 Å². The summed E-state index contributed by atoms with van der Waals surface area (Å²) in [6, 6.07) is 13.6. The molecule has 0 aromatic heterocycles. The Balaban J connectivity index is 1.79. The van der Waals surface area contributed by atoms with E-state index in [1.165, 1.54) is 9.80 Å². The predicted octanol–water partition coefficient (Wildman–Crippen LogP) is 2.61. The summed E-state index contributed by atoms with van der Waals surface area (Å²) < 4.78 is 5.40. The fourth-order valence-corrected chi connectivity index (χ4v) is 3.10. The molecule has 0 saturated heterocycles. The van der Waals surface area contributed by atoms with Crippen LogP contribution in [0.4, 0.5) is 21.9 Å². The molecule has 152 valence electrons. The highest BCUT2D eigenvalue weighted by molar-refractivity contribution is 6.15. The van der Waals surface area contributed by atoms with Crippen molar-refractivity contribution in [2.45, 2.75) is 13.8 Å². The van der Waals surface area contributed by atoms with Gasteiger partial charge in [0.15, 0.2) is 0 Å². The molecule has 0 saturated carbocycles. The van der Waals surface area contributed by atoms with Gasteiger partial charge in [0.2, 0.25) is 11.8 Å². The molecule has 8 nitrogen and oxygen atoms in total. The number of amides is 4. The first-order chi connectivity index (χ1) is 14.0. The smallest absolute Gasteiger partial charge is 0.326 e. The largest absolute Gasteiger partial charge is 0.494 e. The lowest BCUT2D eigenvalue weighted by atomic mass is 10.1. The van der Waals surface area contributed by atoms with Gasteiger partial charge in [-0.3, -0.25) is 19.4 Å². The molecule has 1 aliphatic rings. The molecule has 0 radical (unpaired) electrons. The van der Waals surface area contributed by atoms with Crippen molar-refractivity contribution in [2.24, 2.45) is 0 Å². The number of ether oxygens (including phenoxy) is 1. The normalized spacial score (nSPS) is 13.0. The lowest BCUT2D eigenvalue weighted by Crippen LogP contribution is -2.52. The second kappa shape index (κ2) is 9.09. The minimum atomic E-state index is -0.424. The third kappa shape index (κ3) is 4.66. The van der Waals surface area contributed by atoms with Gasteiger partial charge in [-0.1, -0.05) is 12.1 Å². The Labute approximate surface area is 169 Å². The van der Waals surface area contributed by atoms with E-state index in [4.69, 9.17) is 4.74 Å². The Morgan fingerprint density at radius 1 is 1.03 bits per heavy atom. The fraction of sp³-hybridized carbons (Fsp3) is 0.286. The van der Waals surface area contributed by atoms with Crippen molar-refractivity contribution >= 4 is 34.9 Å². The standard InChI is InChI=1S/C21H24N4O4/c1-3-22-19(26)13-24-17-7-5-6-8-18(17)25(14-20(24)27)21(28)23-15-9-11-16(12-10-15)29-4-2/h5-12H,3-4,13-14H2,1-2H3,(H,22,26)(H,23,28). The quantitative estimate of drug-likeness (QED) is 0.785. The van der Waals surface area contributed by atoms with Crippen LogP contribution in [0.1, 0.15) is 13.8 Å². The van der Waals surface area contributed by atoms with E-state index in [2.05, 4.69) is 10.6 Å². The van der Waals surface area contributed by atoms with Crippen LogP contribution in [-0.2, 0) is 9.59 Å². The Hall–Kier alpha value is -3.55. The fourth-order valence-electron chi connectivity index (χ4n) is 3.10. The molecule has 4 amide bonds.